The number of aromatic carboxylic acids is 1. The highest BCUT2D eigenvalue weighted by atomic mass is 16.4. The lowest BCUT2D eigenvalue weighted by molar-refractivity contribution is -0.137. The van der Waals surface area contributed by atoms with Crippen LogP contribution in [-0.2, 0) is 11.3 Å². The minimum atomic E-state index is -1.11. The fourth-order valence-corrected chi connectivity index (χ4v) is 3.81. The minimum absolute atomic E-state index is 0.0389. The summed E-state index contributed by atoms with van der Waals surface area (Å²) in [6.07, 6.45) is 0. The molecule has 0 radical (unpaired) electrons. The van der Waals surface area contributed by atoms with E-state index in [1.54, 1.807) is 31.2 Å². The number of aromatic hydroxyl groups is 1. The van der Waals surface area contributed by atoms with E-state index in [9.17, 15) is 24.9 Å². The van der Waals surface area contributed by atoms with Crippen molar-refractivity contribution >= 4 is 22.8 Å². The molecule has 1 atom stereocenters. The summed E-state index contributed by atoms with van der Waals surface area (Å²) in [4.78, 5) is 24.2. The van der Waals surface area contributed by atoms with Crippen molar-refractivity contribution in [3.8, 4) is 5.75 Å². The molecule has 3 aromatic rings. The molecule has 3 rings (SSSR count). The van der Waals surface area contributed by atoms with E-state index in [1.807, 2.05) is 24.5 Å². The Hall–Kier alpha value is -3.28. The average molecular weight is 381 g/mol. The highest BCUT2D eigenvalue weighted by molar-refractivity contribution is 6.08. The zero-order valence-corrected chi connectivity index (χ0v) is 16.0. The van der Waals surface area contributed by atoms with Gasteiger partial charge in [0.25, 0.3) is 0 Å². The number of fused-ring (bicyclic) bond motifs is 1. The van der Waals surface area contributed by atoms with Crippen LogP contribution >= 0.6 is 0 Å². The maximum Gasteiger partial charge on any atom is 0.338 e. The molecular formula is C22H23NO5. The molecule has 0 aliphatic carbocycles. The van der Waals surface area contributed by atoms with Gasteiger partial charge in [-0.25, -0.2) is 4.79 Å². The van der Waals surface area contributed by atoms with E-state index in [-0.39, 0.29) is 11.3 Å². The van der Waals surface area contributed by atoms with Gasteiger partial charge in [-0.05, 0) is 42.2 Å². The first-order chi connectivity index (χ1) is 13.2. The van der Waals surface area contributed by atoms with Crippen LogP contribution in [0.3, 0.4) is 0 Å². The lowest BCUT2D eigenvalue weighted by atomic mass is 9.88. The van der Waals surface area contributed by atoms with Crippen molar-refractivity contribution in [3.63, 3.8) is 0 Å². The highest BCUT2D eigenvalue weighted by Crippen LogP contribution is 2.37. The Bertz CT molecular complexity index is 1060. The van der Waals surface area contributed by atoms with E-state index in [0.717, 1.165) is 0 Å². The zero-order chi connectivity index (χ0) is 20.6. The van der Waals surface area contributed by atoms with Gasteiger partial charge in [-0.2, -0.15) is 0 Å². The number of carbonyl (C=O) groups is 2. The second-order valence-corrected chi connectivity index (χ2v) is 7.38. The first-order valence-electron chi connectivity index (χ1n) is 9.09. The molecule has 28 heavy (non-hydrogen) atoms. The molecule has 3 N–H and O–H groups in total. The third-order valence-electron chi connectivity index (χ3n) is 4.91. The predicted octanol–water partition coefficient (Wildman–Crippen LogP) is 4.23. The quantitative estimate of drug-likeness (QED) is 0.593. The normalized spacial score (nSPS) is 12.4. The molecule has 0 amide bonds. The summed E-state index contributed by atoms with van der Waals surface area (Å²) in [6, 6.07) is 11.3. The molecule has 6 nitrogen and oxygen atoms in total. The van der Waals surface area contributed by atoms with Crippen molar-refractivity contribution < 1.29 is 24.9 Å². The summed E-state index contributed by atoms with van der Waals surface area (Å²) in [6.45, 7) is 6.47. The molecule has 0 fully saturated rings. The molecule has 0 aliphatic heterocycles. The molecule has 1 unspecified atom stereocenters. The highest BCUT2D eigenvalue weighted by Gasteiger charge is 2.29. The second kappa shape index (κ2) is 7.38. The van der Waals surface area contributed by atoms with Gasteiger partial charge in [-0.3, -0.25) is 4.79 Å². The topological polar surface area (TPSA) is 99.8 Å². The van der Waals surface area contributed by atoms with Gasteiger partial charge in [0.1, 0.15) is 11.7 Å². The number of hydrogen-bond donors (Lipinski definition) is 3. The molecule has 1 aromatic heterocycles. The van der Waals surface area contributed by atoms with E-state index >= 15 is 0 Å². The van der Waals surface area contributed by atoms with Gasteiger partial charge in [0.15, 0.2) is 0 Å². The Kier molecular flexibility index (Phi) is 5.14. The first-order valence-corrected chi connectivity index (χ1v) is 9.09. The van der Waals surface area contributed by atoms with E-state index < -0.39 is 17.9 Å². The Morgan fingerprint density at radius 1 is 1.07 bits per heavy atom. The van der Waals surface area contributed by atoms with Gasteiger partial charge in [-0.1, -0.05) is 38.1 Å². The number of aliphatic carboxylic acids is 1. The van der Waals surface area contributed by atoms with E-state index in [0.29, 0.717) is 40.2 Å². The molecular weight excluding hydrogens is 358 g/mol. The number of carboxylic acids is 2. The van der Waals surface area contributed by atoms with Crippen molar-refractivity contribution in [1.82, 2.24) is 4.57 Å². The first kappa shape index (κ1) is 19.5. The maximum atomic E-state index is 12.2. The summed E-state index contributed by atoms with van der Waals surface area (Å²) in [5, 5.41) is 30.1. The Morgan fingerprint density at radius 2 is 1.75 bits per heavy atom. The van der Waals surface area contributed by atoms with Gasteiger partial charge < -0.3 is 19.9 Å². The minimum Gasteiger partial charge on any atom is -0.508 e. The number of phenols is 1. The number of nitrogens with zero attached hydrogens (tertiary/aromatic N) is 1. The van der Waals surface area contributed by atoms with Crippen LogP contribution in [0.4, 0.5) is 0 Å². The van der Waals surface area contributed by atoms with Gasteiger partial charge in [-0.15, -0.1) is 0 Å². The standard InChI is InChI=1S/C22H23NO5/c1-12(2)11-23-13(3)18(21(25)26)20-16(8-5-9-17(20)23)19(22(27)28)14-6-4-7-15(24)10-14/h4-10,12,19,24H,11H2,1-3H3,(H,25,26)(H,27,28). The van der Waals surface area contributed by atoms with Crippen molar-refractivity contribution in [2.45, 2.75) is 33.2 Å². The third kappa shape index (κ3) is 3.33. The fourth-order valence-electron chi connectivity index (χ4n) is 3.81. The fraction of sp³-hybridized carbons (Fsp3) is 0.273. The summed E-state index contributed by atoms with van der Waals surface area (Å²) < 4.78 is 1.94. The zero-order valence-electron chi connectivity index (χ0n) is 16.0. The Labute approximate surface area is 162 Å². The van der Waals surface area contributed by atoms with Gasteiger partial charge >= 0.3 is 11.9 Å². The molecule has 146 valence electrons. The number of aromatic nitrogens is 1. The summed E-state index contributed by atoms with van der Waals surface area (Å²) in [7, 11) is 0. The molecule has 0 aliphatic rings. The Morgan fingerprint density at radius 3 is 2.32 bits per heavy atom. The van der Waals surface area contributed by atoms with Crippen molar-refractivity contribution in [1.29, 1.82) is 0 Å². The monoisotopic (exact) mass is 381 g/mol. The number of rotatable bonds is 6. The van der Waals surface area contributed by atoms with Crippen LogP contribution in [0.15, 0.2) is 42.5 Å². The largest absolute Gasteiger partial charge is 0.508 e. The summed E-state index contributed by atoms with van der Waals surface area (Å²) >= 11 is 0. The number of benzene rings is 2. The summed E-state index contributed by atoms with van der Waals surface area (Å²) in [5.41, 5.74) is 2.22. The van der Waals surface area contributed by atoms with Crippen LogP contribution in [-0.4, -0.2) is 31.8 Å². The van der Waals surface area contributed by atoms with Crippen molar-refractivity contribution in [2.24, 2.45) is 5.92 Å². The van der Waals surface area contributed by atoms with E-state index in [2.05, 4.69) is 0 Å². The molecule has 0 saturated carbocycles. The van der Waals surface area contributed by atoms with Crippen LogP contribution in [0.1, 0.15) is 46.9 Å². The second-order valence-electron chi connectivity index (χ2n) is 7.38. The summed E-state index contributed by atoms with van der Waals surface area (Å²) in [5.74, 6) is -3.03. The van der Waals surface area contributed by atoms with Crippen LogP contribution in [0.2, 0.25) is 0 Å². The lowest BCUT2D eigenvalue weighted by Crippen LogP contribution is -2.14. The lowest BCUT2D eigenvalue weighted by Gasteiger charge is -2.16. The van der Waals surface area contributed by atoms with Gasteiger partial charge in [0.05, 0.1) is 5.56 Å². The van der Waals surface area contributed by atoms with Gasteiger partial charge in [0, 0.05) is 23.1 Å². The van der Waals surface area contributed by atoms with E-state index in [1.165, 1.54) is 12.1 Å². The molecule has 0 saturated heterocycles. The van der Waals surface area contributed by atoms with Crippen LogP contribution in [0, 0.1) is 12.8 Å². The van der Waals surface area contributed by atoms with Crippen molar-refractivity contribution in [3.05, 3.63) is 64.8 Å². The smallest absolute Gasteiger partial charge is 0.338 e. The Balaban J connectivity index is 2.37. The number of carboxylic acid groups (broad SMARTS) is 2. The van der Waals surface area contributed by atoms with Crippen molar-refractivity contribution in [2.75, 3.05) is 0 Å². The molecule has 0 spiro atoms. The van der Waals surface area contributed by atoms with Gasteiger partial charge in [0.2, 0.25) is 0 Å². The average Bonchev–Trinajstić information content (AvgIpc) is 2.87. The number of hydrogen-bond acceptors (Lipinski definition) is 3. The van der Waals surface area contributed by atoms with Crippen LogP contribution in [0.5, 0.6) is 5.75 Å². The van der Waals surface area contributed by atoms with Crippen LogP contribution < -0.4 is 0 Å². The van der Waals surface area contributed by atoms with E-state index in [4.69, 9.17) is 0 Å². The predicted molar refractivity (Wildman–Crippen MR) is 106 cm³/mol. The molecule has 2 aromatic carbocycles. The maximum absolute atomic E-state index is 12.2. The van der Waals surface area contributed by atoms with Crippen LogP contribution in [0.25, 0.3) is 10.9 Å². The third-order valence-corrected chi connectivity index (χ3v) is 4.91. The molecule has 0 bridgehead atoms. The number of phenolic OH excluding ortho intramolecular Hbond substituents is 1. The molecule has 6 heteroatoms. The molecule has 1 heterocycles. The SMILES string of the molecule is Cc1c(C(=O)O)c2c(C(C(=O)O)c3cccc(O)c3)cccc2n1CC(C)C.